The van der Waals surface area contributed by atoms with Crippen LogP contribution >= 0.6 is 0 Å². The molecule has 0 fully saturated rings. The Kier molecular flexibility index (Phi) is 61.5. The maximum absolute atomic E-state index is 10.8. The molecule has 0 aromatic carbocycles. The molecule has 0 aromatic heterocycles. The first kappa shape index (κ1) is 45.3. The second-order valence-electron chi connectivity index (χ2n) is 6.86. The van der Waals surface area contributed by atoms with Crippen molar-refractivity contribution in [1.29, 1.82) is 0 Å². The maximum Gasteiger partial charge on any atom is 2.00 e. The fraction of sp³-hybridized carbons (Fsp3) is 0.846. The van der Waals surface area contributed by atoms with Crippen LogP contribution in [-0.4, -0.2) is 87.0 Å². The van der Waals surface area contributed by atoms with Crippen molar-refractivity contribution in [3.05, 3.63) is 13.8 Å². The van der Waals surface area contributed by atoms with Gasteiger partial charge in [-0.05, 0) is 39.5 Å². The van der Waals surface area contributed by atoms with E-state index in [1.165, 1.54) is 12.8 Å². The summed E-state index contributed by atoms with van der Waals surface area (Å²) >= 11 is 9.29. The first-order valence-corrected chi connectivity index (χ1v) is 13.8. The summed E-state index contributed by atoms with van der Waals surface area (Å²) in [5.74, 6) is 0.507. The molecule has 0 unspecified atom stereocenters. The van der Waals surface area contributed by atoms with Crippen molar-refractivity contribution in [3.63, 3.8) is 0 Å². The van der Waals surface area contributed by atoms with Crippen LogP contribution < -0.4 is 0 Å². The molecule has 0 heterocycles. The summed E-state index contributed by atoms with van der Waals surface area (Å²) in [6, 6.07) is 0. The van der Waals surface area contributed by atoms with Crippen molar-refractivity contribution < 1.29 is 28.5 Å². The molecular formula is C26H52O6S2Sn. The van der Waals surface area contributed by atoms with Crippen LogP contribution in [-0.2, 0) is 53.8 Å². The van der Waals surface area contributed by atoms with Crippen molar-refractivity contribution >= 4 is 61.1 Å². The van der Waals surface area contributed by atoms with Gasteiger partial charge in [-0.15, -0.1) is 0 Å². The minimum atomic E-state index is -0.189. The Bertz CT molecular complexity index is 340. The Hall–Kier alpha value is 0.359. The van der Waals surface area contributed by atoms with E-state index in [2.05, 4.69) is 53.0 Å². The molecule has 0 atom stereocenters. The molecular weight excluding hydrogens is 591 g/mol. The van der Waals surface area contributed by atoms with Gasteiger partial charge in [0.15, 0.2) is 0 Å². The number of carbonyl (C=O) groups excluding carboxylic acids is 2. The van der Waals surface area contributed by atoms with Gasteiger partial charge < -0.3 is 44.2 Å². The smallest absolute Gasteiger partial charge is 0.792 e. The minimum Gasteiger partial charge on any atom is -0.792 e. The van der Waals surface area contributed by atoms with Crippen molar-refractivity contribution in [3.8, 4) is 0 Å². The van der Waals surface area contributed by atoms with Crippen LogP contribution in [0.3, 0.4) is 0 Å². The number of carbonyl (C=O) groups is 2. The van der Waals surface area contributed by atoms with Crippen LogP contribution in [0.15, 0.2) is 0 Å². The van der Waals surface area contributed by atoms with Gasteiger partial charge in [0.2, 0.25) is 0 Å². The van der Waals surface area contributed by atoms with Gasteiger partial charge >= 0.3 is 35.8 Å². The van der Waals surface area contributed by atoms with E-state index in [1.807, 2.05) is 13.8 Å². The number of ether oxygens (including phenoxy) is 4. The normalized spacial score (nSPS) is 9.14. The Balaban J connectivity index is -0.000000128. The molecule has 6 nitrogen and oxygen atoms in total. The summed E-state index contributed by atoms with van der Waals surface area (Å²) in [7, 11) is 0. The van der Waals surface area contributed by atoms with Crippen molar-refractivity contribution in [2.45, 2.75) is 91.9 Å². The average Bonchev–Trinajstić information content (AvgIpc) is 2.84. The number of hydrogen-bond donors (Lipinski definition) is 0. The standard InChI is InChI=1S/2C9H18O3S.2C4H9.Sn/c2*1-2-11-6-3-4-7-12-9(10)5-8-13;2*1-3-4-2;/h2*13H,2-8H2,1H3;2*1,3-4H2,2H3;/q;;;;+2/p-2. The van der Waals surface area contributed by atoms with Gasteiger partial charge in [-0.25, -0.2) is 0 Å². The molecule has 0 aliphatic rings. The Morgan fingerprint density at radius 1 is 0.629 bits per heavy atom. The van der Waals surface area contributed by atoms with Gasteiger partial charge in [0, 0.05) is 39.3 Å². The summed E-state index contributed by atoms with van der Waals surface area (Å²) in [6.07, 6.45) is 8.86. The third kappa shape index (κ3) is 60.6. The SMILES string of the molecule is CCOCCCCOC(=O)CC[S-].CCOCCCCOC(=O)CC[S-].[CH2]CCC.[CH2]CCC.[Sn+2]. The third-order valence-electron chi connectivity index (χ3n) is 3.62. The Labute approximate surface area is 245 Å². The molecule has 208 valence electrons. The van der Waals surface area contributed by atoms with Gasteiger partial charge in [0.25, 0.3) is 0 Å². The predicted octanol–water partition coefficient (Wildman–Crippen LogP) is 5.43. The molecule has 0 saturated heterocycles. The summed E-state index contributed by atoms with van der Waals surface area (Å²) in [6.45, 7) is 19.3. The van der Waals surface area contributed by atoms with E-state index in [-0.39, 0.29) is 35.8 Å². The fourth-order valence-corrected chi connectivity index (χ4v) is 1.92. The van der Waals surface area contributed by atoms with Crippen LogP contribution in [0.1, 0.15) is 91.9 Å². The number of hydrogen-bond acceptors (Lipinski definition) is 8. The molecule has 0 amide bonds. The quantitative estimate of drug-likeness (QED) is 0.0849. The van der Waals surface area contributed by atoms with E-state index in [0.717, 1.165) is 65.0 Å². The van der Waals surface area contributed by atoms with Crippen molar-refractivity contribution in [2.24, 2.45) is 0 Å². The molecule has 0 saturated carbocycles. The first-order valence-electron chi connectivity index (χ1n) is 12.7. The second-order valence-corrected chi connectivity index (χ2v) is 7.68. The zero-order valence-electron chi connectivity index (χ0n) is 22.9. The number of esters is 2. The summed E-state index contributed by atoms with van der Waals surface area (Å²) in [5, 5.41) is 0. The predicted molar refractivity (Wildman–Crippen MR) is 153 cm³/mol. The molecule has 0 aliphatic carbocycles. The summed E-state index contributed by atoms with van der Waals surface area (Å²) < 4.78 is 20.1. The van der Waals surface area contributed by atoms with Gasteiger partial charge in [-0.1, -0.05) is 53.4 Å². The summed E-state index contributed by atoms with van der Waals surface area (Å²) in [5.41, 5.74) is 0. The second kappa shape index (κ2) is 47.5. The van der Waals surface area contributed by atoms with Crippen LogP contribution in [0.5, 0.6) is 0 Å². The van der Waals surface area contributed by atoms with Crippen molar-refractivity contribution in [1.82, 2.24) is 0 Å². The van der Waals surface area contributed by atoms with E-state index in [4.69, 9.17) is 18.9 Å². The molecule has 4 radical (unpaired) electrons. The monoisotopic (exact) mass is 644 g/mol. The third-order valence-corrected chi connectivity index (χ3v) is 4.03. The topological polar surface area (TPSA) is 71.1 Å². The molecule has 0 aromatic rings. The van der Waals surface area contributed by atoms with E-state index < -0.39 is 0 Å². The zero-order valence-corrected chi connectivity index (χ0v) is 27.4. The first-order chi connectivity index (χ1) is 16.4. The Morgan fingerprint density at radius 2 is 0.914 bits per heavy atom. The van der Waals surface area contributed by atoms with Gasteiger partial charge in [0.05, 0.1) is 13.2 Å². The molecule has 0 rings (SSSR count). The van der Waals surface area contributed by atoms with E-state index in [1.54, 1.807) is 0 Å². The molecule has 35 heavy (non-hydrogen) atoms. The number of rotatable bonds is 18. The fourth-order valence-electron chi connectivity index (χ4n) is 1.58. The molecule has 9 heteroatoms. The Morgan fingerprint density at radius 3 is 1.14 bits per heavy atom. The van der Waals surface area contributed by atoms with Crippen molar-refractivity contribution in [2.75, 3.05) is 51.1 Å². The molecule has 0 spiro atoms. The van der Waals surface area contributed by atoms with Crippen LogP contribution in [0.25, 0.3) is 0 Å². The average molecular weight is 644 g/mol. The van der Waals surface area contributed by atoms with Gasteiger partial charge in [-0.2, -0.15) is 11.5 Å². The largest absolute Gasteiger partial charge is 2.00 e. The van der Waals surface area contributed by atoms with Gasteiger partial charge in [0.1, 0.15) is 0 Å². The minimum absolute atomic E-state index is 0. The number of unbranched alkanes of at least 4 members (excludes halogenated alkanes) is 4. The van der Waals surface area contributed by atoms with E-state index in [9.17, 15) is 9.59 Å². The van der Waals surface area contributed by atoms with Gasteiger partial charge in [-0.3, -0.25) is 9.59 Å². The zero-order chi connectivity index (χ0) is 26.7. The van der Waals surface area contributed by atoms with E-state index >= 15 is 0 Å². The molecule has 0 aliphatic heterocycles. The van der Waals surface area contributed by atoms with Crippen LogP contribution in [0.2, 0.25) is 0 Å². The summed E-state index contributed by atoms with van der Waals surface area (Å²) in [4.78, 5) is 21.6. The molecule has 0 N–H and O–H groups in total. The maximum atomic E-state index is 10.8. The van der Waals surface area contributed by atoms with Crippen LogP contribution in [0, 0.1) is 13.8 Å². The van der Waals surface area contributed by atoms with E-state index in [0.29, 0.717) is 37.6 Å². The van der Waals surface area contributed by atoms with Crippen LogP contribution in [0.4, 0.5) is 0 Å². The molecule has 0 bridgehead atoms.